The number of methoxy groups -OCH3 is 2. The molecule has 0 unspecified atom stereocenters. The molecule has 166 valence electrons. The van der Waals surface area contributed by atoms with Gasteiger partial charge in [-0.15, -0.1) is 10.2 Å². The molecule has 0 atom stereocenters. The van der Waals surface area contributed by atoms with Gasteiger partial charge >= 0.3 is 0 Å². The summed E-state index contributed by atoms with van der Waals surface area (Å²) in [5.74, 6) is 1.33. The van der Waals surface area contributed by atoms with Crippen molar-refractivity contribution in [3.63, 3.8) is 0 Å². The first-order chi connectivity index (χ1) is 15.0. The minimum Gasteiger partial charge on any atom is -0.497 e. The van der Waals surface area contributed by atoms with Crippen LogP contribution >= 0.6 is 0 Å². The number of carbonyl (C=O) groups is 2. The van der Waals surface area contributed by atoms with Crippen LogP contribution in [0.4, 0.5) is 5.82 Å². The van der Waals surface area contributed by atoms with Gasteiger partial charge in [-0.05, 0) is 31.2 Å². The third-order valence-electron chi connectivity index (χ3n) is 5.30. The van der Waals surface area contributed by atoms with Gasteiger partial charge in [-0.2, -0.15) is 0 Å². The van der Waals surface area contributed by atoms with Crippen molar-refractivity contribution in [1.29, 1.82) is 0 Å². The van der Waals surface area contributed by atoms with E-state index in [1.807, 2.05) is 43.3 Å². The zero-order valence-corrected chi connectivity index (χ0v) is 18.3. The molecule has 0 radical (unpaired) electrons. The van der Waals surface area contributed by atoms with Crippen molar-refractivity contribution in [3.8, 4) is 17.0 Å². The molecule has 0 N–H and O–H groups in total. The molecule has 0 aliphatic carbocycles. The van der Waals surface area contributed by atoms with Gasteiger partial charge in [0.15, 0.2) is 5.82 Å². The Labute approximate surface area is 182 Å². The fraction of sp³-hybridized carbons (Fsp3) is 0.455. The van der Waals surface area contributed by atoms with Crippen LogP contribution in [0.3, 0.4) is 0 Å². The SMILES string of the molecule is CCN(CC(=O)N1CCN(c2ccc(-c3cccc(OC)c3)nn2)CC1)C(=O)COC. The minimum atomic E-state index is -0.177. The molecule has 31 heavy (non-hydrogen) atoms. The van der Waals surface area contributed by atoms with Gasteiger partial charge in [0.1, 0.15) is 12.4 Å². The normalized spacial score (nSPS) is 13.8. The number of carbonyl (C=O) groups excluding carboxylic acids is 2. The molecule has 1 aromatic carbocycles. The van der Waals surface area contributed by atoms with E-state index in [0.29, 0.717) is 32.7 Å². The highest BCUT2D eigenvalue weighted by molar-refractivity contribution is 5.85. The van der Waals surface area contributed by atoms with Gasteiger partial charge in [-0.25, -0.2) is 0 Å². The summed E-state index contributed by atoms with van der Waals surface area (Å²) in [4.78, 5) is 30.0. The van der Waals surface area contributed by atoms with Crippen LogP contribution in [0.2, 0.25) is 0 Å². The third-order valence-corrected chi connectivity index (χ3v) is 5.30. The molecule has 1 aromatic heterocycles. The first kappa shape index (κ1) is 22.5. The molecule has 2 heterocycles. The van der Waals surface area contributed by atoms with Crippen molar-refractivity contribution in [1.82, 2.24) is 20.0 Å². The van der Waals surface area contributed by atoms with Gasteiger partial charge in [0.25, 0.3) is 0 Å². The summed E-state index contributed by atoms with van der Waals surface area (Å²) in [6.07, 6.45) is 0. The van der Waals surface area contributed by atoms with E-state index in [0.717, 1.165) is 22.8 Å². The van der Waals surface area contributed by atoms with Gasteiger partial charge in [0, 0.05) is 45.4 Å². The zero-order chi connectivity index (χ0) is 22.2. The summed E-state index contributed by atoms with van der Waals surface area (Å²) in [6, 6.07) is 11.6. The van der Waals surface area contributed by atoms with Gasteiger partial charge in [-0.1, -0.05) is 12.1 Å². The predicted molar refractivity (Wildman–Crippen MR) is 117 cm³/mol. The highest BCUT2D eigenvalue weighted by Crippen LogP contribution is 2.23. The molecule has 0 bridgehead atoms. The van der Waals surface area contributed by atoms with Crippen LogP contribution < -0.4 is 9.64 Å². The molecule has 0 saturated carbocycles. The number of rotatable bonds is 8. The number of hydrogen-bond donors (Lipinski definition) is 0. The Morgan fingerprint density at radius 1 is 1.06 bits per heavy atom. The van der Waals surface area contributed by atoms with Crippen LogP contribution in [0, 0.1) is 0 Å². The maximum Gasteiger partial charge on any atom is 0.249 e. The summed E-state index contributed by atoms with van der Waals surface area (Å²) in [5, 5.41) is 8.73. The molecule has 2 aromatic rings. The summed E-state index contributed by atoms with van der Waals surface area (Å²) < 4.78 is 10.1. The Kier molecular flexibility index (Phi) is 7.77. The number of amides is 2. The van der Waals surface area contributed by atoms with E-state index in [1.165, 1.54) is 12.0 Å². The Balaban J connectivity index is 1.55. The Bertz CT molecular complexity index is 882. The van der Waals surface area contributed by atoms with Crippen LogP contribution in [0.25, 0.3) is 11.3 Å². The van der Waals surface area contributed by atoms with E-state index in [1.54, 1.807) is 12.0 Å². The molecular weight excluding hydrogens is 398 g/mol. The minimum absolute atomic E-state index is 0.0146. The van der Waals surface area contributed by atoms with Crippen molar-refractivity contribution in [2.24, 2.45) is 0 Å². The highest BCUT2D eigenvalue weighted by atomic mass is 16.5. The van der Waals surface area contributed by atoms with Gasteiger partial charge in [-0.3, -0.25) is 9.59 Å². The van der Waals surface area contributed by atoms with E-state index in [-0.39, 0.29) is 25.0 Å². The highest BCUT2D eigenvalue weighted by Gasteiger charge is 2.24. The van der Waals surface area contributed by atoms with Crippen molar-refractivity contribution in [2.45, 2.75) is 6.92 Å². The van der Waals surface area contributed by atoms with Gasteiger partial charge in [0.05, 0.1) is 19.3 Å². The summed E-state index contributed by atoms with van der Waals surface area (Å²) in [6.45, 7) is 4.87. The van der Waals surface area contributed by atoms with E-state index < -0.39 is 0 Å². The van der Waals surface area contributed by atoms with Crippen LogP contribution in [0.5, 0.6) is 5.75 Å². The lowest BCUT2D eigenvalue weighted by molar-refractivity contribution is -0.142. The van der Waals surface area contributed by atoms with Crippen molar-refractivity contribution >= 4 is 17.6 Å². The Morgan fingerprint density at radius 3 is 2.45 bits per heavy atom. The molecule has 0 spiro atoms. The number of piperazine rings is 1. The number of benzene rings is 1. The fourth-order valence-corrected chi connectivity index (χ4v) is 3.47. The summed E-state index contributed by atoms with van der Waals surface area (Å²) in [5.41, 5.74) is 1.72. The number of likely N-dealkylation sites (N-methyl/N-ethyl adjacent to an activating group) is 1. The van der Waals surface area contributed by atoms with E-state index >= 15 is 0 Å². The molecule has 1 saturated heterocycles. The van der Waals surface area contributed by atoms with Crippen molar-refractivity contribution in [2.75, 3.05) is 65.0 Å². The molecular formula is C22H29N5O4. The second-order valence-electron chi connectivity index (χ2n) is 7.22. The monoisotopic (exact) mass is 427 g/mol. The number of nitrogens with zero attached hydrogens (tertiary/aromatic N) is 5. The van der Waals surface area contributed by atoms with Crippen LogP contribution in [0.15, 0.2) is 36.4 Å². The number of aromatic nitrogens is 2. The maximum absolute atomic E-state index is 12.6. The topological polar surface area (TPSA) is 88.1 Å². The first-order valence-corrected chi connectivity index (χ1v) is 10.3. The second kappa shape index (κ2) is 10.7. The average molecular weight is 428 g/mol. The third kappa shape index (κ3) is 5.69. The molecule has 2 amide bonds. The van der Waals surface area contributed by atoms with Gasteiger partial charge < -0.3 is 24.2 Å². The van der Waals surface area contributed by atoms with Crippen LogP contribution in [0.1, 0.15) is 6.92 Å². The smallest absolute Gasteiger partial charge is 0.249 e. The standard InChI is InChI=1S/C22H29N5O4/c1-4-25(22(29)16-30-2)15-21(28)27-12-10-26(11-13-27)20-9-8-19(23-24-20)17-6-5-7-18(14-17)31-3/h5-9,14H,4,10-13,15-16H2,1-3H3. The number of ether oxygens (including phenoxy) is 2. The molecule has 3 rings (SSSR count). The summed E-state index contributed by atoms with van der Waals surface area (Å²) >= 11 is 0. The molecule has 9 heteroatoms. The van der Waals surface area contributed by atoms with Gasteiger partial charge in [0.2, 0.25) is 11.8 Å². The Hall–Kier alpha value is -3.20. The predicted octanol–water partition coefficient (Wildman–Crippen LogP) is 1.30. The lowest BCUT2D eigenvalue weighted by Crippen LogP contribution is -2.52. The zero-order valence-electron chi connectivity index (χ0n) is 18.3. The van der Waals surface area contributed by atoms with Crippen molar-refractivity contribution in [3.05, 3.63) is 36.4 Å². The Morgan fingerprint density at radius 2 is 1.84 bits per heavy atom. The summed E-state index contributed by atoms with van der Waals surface area (Å²) in [7, 11) is 3.11. The molecule has 1 fully saturated rings. The molecule has 1 aliphatic rings. The maximum atomic E-state index is 12.6. The van der Waals surface area contributed by atoms with Crippen LogP contribution in [-0.2, 0) is 14.3 Å². The molecule has 1 aliphatic heterocycles. The lowest BCUT2D eigenvalue weighted by atomic mass is 10.1. The van der Waals surface area contributed by atoms with E-state index in [4.69, 9.17) is 9.47 Å². The quantitative estimate of drug-likeness (QED) is 0.627. The molecule has 9 nitrogen and oxygen atoms in total. The van der Waals surface area contributed by atoms with E-state index in [9.17, 15) is 9.59 Å². The van der Waals surface area contributed by atoms with E-state index in [2.05, 4.69) is 15.1 Å². The average Bonchev–Trinajstić information content (AvgIpc) is 2.82. The van der Waals surface area contributed by atoms with Crippen molar-refractivity contribution < 1.29 is 19.1 Å². The number of hydrogen-bond acceptors (Lipinski definition) is 7. The largest absolute Gasteiger partial charge is 0.497 e. The van der Waals surface area contributed by atoms with Crippen LogP contribution in [-0.4, -0.2) is 91.9 Å². The fourth-order valence-electron chi connectivity index (χ4n) is 3.47. The lowest BCUT2D eigenvalue weighted by Gasteiger charge is -2.36. The number of anilines is 1. The second-order valence-corrected chi connectivity index (χ2v) is 7.22. The first-order valence-electron chi connectivity index (χ1n) is 10.3.